The number of anilines is 1. The van der Waals surface area contributed by atoms with Crippen LogP contribution in [0.15, 0.2) is 12.1 Å². The summed E-state index contributed by atoms with van der Waals surface area (Å²) < 4.78 is 1.85. The molecule has 23 heavy (non-hydrogen) atoms. The third kappa shape index (κ3) is 3.80. The third-order valence-corrected chi connectivity index (χ3v) is 4.41. The summed E-state index contributed by atoms with van der Waals surface area (Å²) >= 11 is 0. The van der Waals surface area contributed by atoms with E-state index in [0.29, 0.717) is 0 Å². The Balaban J connectivity index is 1.64. The van der Waals surface area contributed by atoms with Crippen molar-refractivity contribution in [3.8, 4) is 0 Å². The first-order chi connectivity index (χ1) is 10.9. The molecule has 1 atom stereocenters. The highest BCUT2D eigenvalue weighted by Crippen LogP contribution is 2.20. The van der Waals surface area contributed by atoms with Gasteiger partial charge in [-0.1, -0.05) is 27.7 Å². The van der Waals surface area contributed by atoms with Crippen LogP contribution in [0.4, 0.5) is 5.82 Å². The van der Waals surface area contributed by atoms with E-state index in [-0.39, 0.29) is 5.41 Å². The zero-order valence-electron chi connectivity index (χ0n) is 14.7. The van der Waals surface area contributed by atoms with Gasteiger partial charge >= 0.3 is 0 Å². The SMILES string of the molecule is CC1CCCN(CCNc2ccc3nnc(C(C)(C)C)n3n2)C1. The van der Waals surface area contributed by atoms with Crippen LogP contribution in [0.1, 0.15) is 46.4 Å². The number of hydrogen-bond acceptors (Lipinski definition) is 5. The van der Waals surface area contributed by atoms with Crippen LogP contribution >= 0.6 is 0 Å². The van der Waals surface area contributed by atoms with Gasteiger partial charge < -0.3 is 10.2 Å². The first-order valence-corrected chi connectivity index (χ1v) is 8.62. The van der Waals surface area contributed by atoms with Crippen molar-refractivity contribution in [3.05, 3.63) is 18.0 Å². The average Bonchev–Trinajstić information content (AvgIpc) is 2.90. The Bertz CT molecular complexity index is 657. The van der Waals surface area contributed by atoms with Crippen LogP contribution in [0, 0.1) is 5.92 Å². The Morgan fingerprint density at radius 2 is 2.09 bits per heavy atom. The molecule has 0 aliphatic carbocycles. The molecule has 0 spiro atoms. The molecule has 2 aromatic rings. The number of rotatable bonds is 4. The molecule has 3 heterocycles. The standard InChI is InChI=1S/C17H28N6/c1-13-6-5-10-22(12-13)11-9-18-14-7-8-15-19-20-16(17(2,3)4)23(15)21-14/h7-8,13H,5-6,9-12H2,1-4H3,(H,18,21). The lowest BCUT2D eigenvalue weighted by Gasteiger charge is -2.30. The molecule has 1 aliphatic rings. The van der Waals surface area contributed by atoms with Gasteiger partial charge in [0.05, 0.1) is 0 Å². The minimum atomic E-state index is -0.0744. The van der Waals surface area contributed by atoms with E-state index in [4.69, 9.17) is 0 Å². The van der Waals surface area contributed by atoms with Gasteiger partial charge in [0, 0.05) is 25.0 Å². The van der Waals surface area contributed by atoms with Gasteiger partial charge in [-0.15, -0.1) is 15.3 Å². The molecule has 1 aliphatic heterocycles. The lowest BCUT2D eigenvalue weighted by molar-refractivity contribution is 0.190. The van der Waals surface area contributed by atoms with Gasteiger partial charge in [-0.3, -0.25) is 0 Å². The monoisotopic (exact) mass is 316 g/mol. The Labute approximate surface area is 138 Å². The minimum Gasteiger partial charge on any atom is -0.367 e. The summed E-state index contributed by atoms with van der Waals surface area (Å²) in [5.74, 6) is 2.60. The average molecular weight is 316 g/mol. The molecule has 2 aromatic heterocycles. The molecule has 1 saturated heterocycles. The molecule has 126 valence electrons. The van der Waals surface area contributed by atoms with Gasteiger partial charge in [0.25, 0.3) is 0 Å². The second-order valence-electron chi connectivity index (χ2n) is 7.74. The zero-order chi connectivity index (χ0) is 16.4. The van der Waals surface area contributed by atoms with E-state index in [9.17, 15) is 0 Å². The van der Waals surface area contributed by atoms with Crippen LogP contribution in [0.3, 0.4) is 0 Å². The molecule has 1 fully saturated rings. The van der Waals surface area contributed by atoms with Crippen LogP contribution in [-0.2, 0) is 5.41 Å². The molecule has 0 radical (unpaired) electrons. The number of nitrogens with zero attached hydrogens (tertiary/aromatic N) is 5. The van der Waals surface area contributed by atoms with Crippen LogP contribution < -0.4 is 5.32 Å². The third-order valence-electron chi connectivity index (χ3n) is 4.41. The van der Waals surface area contributed by atoms with Gasteiger partial charge in [-0.2, -0.15) is 4.52 Å². The highest BCUT2D eigenvalue weighted by molar-refractivity contribution is 5.44. The Kier molecular flexibility index (Phi) is 4.53. The Morgan fingerprint density at radius 3 is 2.83 bits per heavy atom. The number of likely N-dealkylation sites (tertiary alicyclic amines) is 1. The summed E-state index contributed by atoms with van der Waals surface area (Å²) in [6.07, 6.45) is 2.69. The summed E-state index contributed by atoms with van der Waals surface area (Å²) in [4.78, 5) is 2.54. The Hall–Kier alpha value is -1.69. The van der Waals surface area contributed by atoms with Crippen molar-refractivity contribution in [3.63, 3.8) is 0 Å². The topological polar surface area (TPSA) is 58.3 Å². The maximum absolute atomic E-state index is 4.66. The highest BCUT2D eigenvalue weighted by atomic mass is 15.4. The second-order valence-corrected chi connectivity index (χ2v) is 7.74. The second kappa shape index (κ2) is 6.43. The van der Waals surface area contributed by atoms with Gasteiger partial charge in [0.1, 0.15) is 5.82 Å². The van der Waals surface area contributed by atoms with Gasteiger partial charge in [0.15, 0.2) is 11.5 Å². The van der Waals surface area contributed by atoms with Crippen molar-refractivity contribution in [1.29, 1.82) is 0 Å². The van der Waals surface area contributed by atoms with Crippen LogP contribution in [0.2, 0.25) is 0 Å². The molecular formula is C17H28N6. The van der Waals surface area contributed by atoms with Crippen LogP contribution in [-0.4, -0.2) is 50.9 Å². The number of fused-ring (bicyclic) bond motifs is 1. The van der Waals surface area contributed by atoms with Crippen LogP contribution in [0.5, 0.6) is 0 Å². The summed E-state index contributed by atoms with van der Waals surface area (Å²) in [5.41, 5.74) is 0.722. The zero-order valence-corrected chi connectivity index (χ0v) is 14.7. The summed E-state index contributed by atoms with van der Waals surface area (Å²) in [7, 11) is 0. The van der Waals surface area contributed by atoms with Crippen molar-refractivity contribution < 1.29 is 0 Å². The first kappa shape index (κ1) is 16.2. The maximum atomic E-state index is 4.66. The van der Waals surface area contributed by atoms with Crippen molar-refractivity contribution in [1.82, 2.24) is 24.7 Å². The largest absolute Gasteiger partial charge is 0.367 e. The molecule has 1 N–H and O–H groups in total. The van der Waals surface area contributed by atoms with Crippen molar-refractivity contribution >= 4 is 11.5 Å². The number of aromatic nitrogens is 4. The highest BCUT2D eigenvalue weighted by Gasteiger charge is 2.22. The molecule has 6 heteroatoms. The van der Waals surface area contributed by atoms with Crippen molar-refractivity contribution in [2.24, 2.45) is 5.92 Å². The maximum Gasteiger partial charge on any atom is 0.178 e. The molecule has 0 aromatic carbocycles. The van der Waals surface area contributed by atoms with E-state index in [2.05, 4.69) is 53.2 Å². The van der Waals surface area contributed by atoms with E-state index in [1.165, 1.54) is 25.9 Å². The first-order valence-electron chi connectivity index (χ1n) is 8.62. The lowest BCUT2D eigenvalue weighted by Crippen LogP contribution is -2.37. The minimum absolute atomic E-state index is 0.0744. The van der Waals surface area contributed by atoms with Gasteiger partial charge in [0.2, 0.25) is 0 Å². The summed E-state index contributed by atoms with van der Waals surface area (Å²) in [6, 6.07) is 3.95. The molecule has 3 rings (SSSR count). The molecule has 0 saturated carbocycles. The molecular weight excluding hydrogens is 288 g/mol. The smallest absolute Gasteiger partial charge is 0.178 e. The number of piperidine rings is 1. The normalized spacial score (nSPS) is 20.1. The molecule has 1 unspecified atom stereocenters. The van der Waals surface area contributed by atoms with Crippen molar-refractivity contribution in [2.75, 3.05) is 31.5 Å². The van der Waals surface area contributed by atoms with E-state index < -0.39 is 0 Å². The fourth-order valence-corrected chi connectivity index (χ4v) is 3.18. The number of hydrogen-bond donors (Lipinski definition) is 1. The van der Waals surface area contributed by atoms with Crippen molar-refractivity contribution in [2.45, 2.75) is 46.0 Å². The fraction of sp³-hybridized carbons (Fsp3) is 0.706. The van der Waals surface area contributed by atoms with E-state index in [1.807, 2.05) is 16.6 Å². The summed E-state index contributed by atoms with van der Waals surface area (Å²) in [6.45, 7) is 13.1. The van der Waals surface area contributed by atoms with E-state index >= 15 is 0 Å². The van der Waals surface area contributed by atoms with Gasteiger partial charge in [-0.25, -0.2) is 0 Å². The molecule has 0 amide bonds. The van der Waals surface area contributed by atoms with Gasteiger partial charge in [-0.05, 0) is 37.4 Å². The molecule has 6 nitrogen and oxygen atoms in total. The Morgan fingerprint density at radius 1 is 1.26 bits per heavy atom. The van der Waals surface area contributed by atoms with E-state index in [1.54, 1.807) is 0 Å². The van der Waals surface area contributed by atoms with Crippen LogP contribution in [0.25, 0.3) is 5.65 Å². The fourth-order valence-electron chi connectivity index (χ4n) is 3.18. The number of nitrogens with one attached hydrogen (secondary N) is 1. The predicted octanol–water partition coefficient (Wildman–Crippen LogP) is 2.57. The lowest BCUT2D eigenvalue weighted by atomic mass is 9.96. The molecule has 0 bridgehead atoms. The van der Waals surface area contributed by atoms with E-state index in [0.717, 1.165) is 36.3 Å². The quantitative estimate of drug-likeness (QED) is 0.939. The summed E-state index contributed by atoms with van der Waals surface area (Å²) in [5, 5.41) is 16.6. The predicted molar refractivity (Wildman–Crippen MR) is 92.8 cm³/mol.